The lowest BCUT2D eigenvalue weighted by atomic mass is 10.3. The zero-order valence-electron chi connectivity index (χ0n) is 14.4. The summed E-state index contributed by atoms with van der Waals surface area (Å²) in [4.78, 5) is 16.1. The first kappa shape index (κ1) is 18.7. The maximum atomic E-state index is 12.3. The number of hydrogen-bond donors (Lipinski definition) is 1. The van der Waals surface area contributed by atoms with Crippen molar-refractivity contribution in [2.24, 2.45) is 0 Å². The molecule has 0 aromatic heterocycles. The van der Waals surface area contributed by atoms with Gasteiger partial charge in [-0.05, 0) is 45.2 Å². The van der Waals surface area contributed by atoms with Crippen molar-refractivity contribution < 1.29 is 17.9 Å². The number of nitrogens with one attached hydrogen (secondary N) is 1. The van der Waals surface area contributed by atoms with E-state index in [1.54, 1.807) is 17.0 Å². The van der Waals surface area contributed by atoms with Gasteiger partial charge >= 0.3 is 0 Å². The number of piperazine rings is 1. The van der Waals surface area contributed by atoms with Crippen LogP contribution in [-0.4, -0.2) is 70.0 Å². The number of sulfonamides is 1. The molecular formula is C16H25N3O4S. The molecule has 1 fully saturated rings. The number of carbonyl (C=O) groups is 1. The van der Waals surface area contributed by atoms with Gasteiger partial charge in [0.2, 0.25) is 15.9 Å². The Morgan fingerprint density at radius 1 is 1.17 bits per heavy atom. The molecule has 0 radical (unpaired) electrons. The smallest absolute Gasteiger partial charge is 0.241 e. The summed E-state index contributed by atoms with van der Waals surface area (Å²) >= 11 is 0. The highest BCUT2D eigenvalue weighted by Crippen LogP contribution is 2.17. The maximum absolute atomic E-state index is 12.3. The minimum absolute atomic E-state index is 0.0202. The van der Waals surface area contributed by atoms with Gasteiger partial charge in [-0.15, -0.1) is 0 Å². The molecule has 8 heteroatoms. The Morgan fingerprint density at radius 2 is 1.75 bits per heavy atom. The van der Waals surface area contributed by atoms with Crippen LogP contribution in [0.4, 0.5) is 0 Å². The molecule has 0 spiro atoms. The van der Waals surface area contributed by atoms with Crippen LogP contribution in [0.15, 0.2) is 29.2 Å². The predicted molar refractivity (Wildman–Crippen MR) is 91.5 cm³/mol. The summed E-state index contributed by atoms with van der Waals surface area (Å²) in [5.74, 6) is 0.406. The van der Waals surface area contributed by atoms with Gasteiger partial charge in [0, 0.05) is 26.2 Å². The molecule has 1 aromatic carbocycles. The second-order valence-corrected chi connectivity index (χ2v) is 7.91. The Hall–Kier alpha value is -1.64. The molecule has 1 aliphatic heterocycles. The molecule has 1 heterocycles. The molecule has 0 aliphatic carbocycles. The number of amides is 1. The van der Waals surface area contributed by atoms with E-state index < -0.39 is 10.0 Å². The van der Waals surface area contributed by atoms with Gasteiger partial charge < -0.3 is 14.5 Å². The Bertz CT molecular complexity index is 650. The summed E-state index contributed by atoms with van der Waals surface area (Å²) in [6, 6.07) is 6.16. The van der Waals surface area contributed by atoms with Gasteiger partial charge in [0.15, 0.2) is 0 Å². The molecule has 1 aliphatic rings. The predicted octanol–water partition coefficient (Wildman–Crippen LogP) is 0.526. The van der Waals surface area contributed by atoms with E-state index in [-0.39, 0.29) is 23.5 Å². The Kier molecular flexibility index (Phi) is 6.20. The molecule has 0 bridgehead atoms. The van der Waals surface area contributed by atoms with E-state index in [0.29, 0.717) is 18.8 Å². The van der Waals surface area contributed by atoms with E-state index in [1.165, 1.54) is 12.1 Å². The van der Waals surface area contributed by atoms with E-state index in [1.807, 2.05) is 20.9 Å². The molecule has 0 unspecified atom stereocenters. The van der Waals surface area contributed by atoms with Crippen LogP contribution in [0.25, 0.3) is 0 Å². The molecule has 1 saturated heterocycles. The second-order valence-electron chi connectivity index (χ2n) is 6.15. The van der Waals surface area contributed by atoms with Crippen LogP contribution < -0.4 is 9.46 Å². The topological polar surface area (TPSA) is 78.9 Å². The van der Waals surface area contributed by atoms with E-state index in [4.69, 9.17) is 4.74 Å². The summed E-state index contributed by atoms with van der Waals surface area (Å²) in [5.41, 5.74) is 0. The molecule has 1 aromatic rings. The maximum Gasteiger partial charge on any atom is 0.241 e. The lowest BCUT2D eigenvalue weighted by molar-refractivity contribution is -0.131. The molecule has 134 valence electrons. The van der Waals surface area contributed by atoms with Crippen LogP contribution in [0, 0.1) is 0 Å². The van der Waals surface area contributed by atoms with Crippen molar-refractivity contribution in [1.29, 1.82) is 0 Å². The van der Waals surface area contributed by atoms with Gasteiger partial charge in [-0.1, -0.05) is 0 Å². The lowest BCUT2D eigenvalue weighted by Crippen LogP contribution is -2.50. The van der Waals surface area contributed by atoms with Gasteiger partial charge in [0.25, 0.3) is 0 Å². The third kappa shape index (κ3) is 5.19. The molecule has 7 nitrogen and oxygen atoms in total. The van der Waals surface area contributed by atoms with Crippen molar-refractivity contribution in [2.45, 2.75) is 24.8 Å². The van der Waals surface area contributed by atoms with Crippen LogP contribution >= 0.6 is 0 Å². The molecule has 1 amide bonds. The van der Waals surface area contributed by atoms with E-state index in [9.17, 15) is 13.2 Å². The zero-order valence-corrected chi connectivity index (χ0v) is 15.2. The fourth-order valence-corrected chi connectivity index (χ4v) is 3.35. The third-order valence-corrected chi connectivity index (χ3v) is 5.19. The average molecular weight is 355 g/mol. The highest BCUT2D eigenvalue weighted by atomic mass is 32.2. The third-order valence-electron chi connectivity index (χ3n) is 3.78. The van der Waals surface area contributed by atoms with Gasteiger partial charge in [-0.25, -0.2) is 13.1 Å². The SMILES string of the molecule is CC(C)Oc1ccc(S(=O)(=O)NCC(=O)N2CCN(C)CC2)cc1. The number of likely N-dealkylation sites (N-methyl/N-ethyl adjacent to an activating group) is 1. The number of benzene rings is 1. The lowest BCUT2D eigenvalue weighted by Gasteiger charge is -2.32. The molecule has 24 heavy (non-hydrogen) atoms. The van der Waals surface area contributed by atoms with E-state index >= 15 is 0 Å². The van der Waals surface area contributed by atoms with E-state index in [0.717, 1.165) is 13.1 Å². The van der Waals surface area contributed by atoms with E-state index in [2.05, 4.69) is 9.62 Å². The fraction of sp³-hybridized carbons (Fsp3) is 0.562. The first-order chi connectivity index (χ1) is 11.3. The number of nitrogens with zero attached hydrogens (tertiary/aromatic N) is 2. The Morgan fingerprint density at radius 3 is 2.29 bits per heavy atom. The first-order valence-electron chi connectivity index (χ1n) is 8.00. The summed E-state index contributed by atoms with van der Waals surface area (Å²) < 4.78 is 32.4. The van der Waals surface area contributed by atoms with Gasteiger partial charge in [-0.3, -0.25) is 4.79 Å². The van der Waals surface area contributed by atoms with Crippen LogP contribution in [0.2, 0.25) is 0 Å². The summed E-state index contributed by atoms with van der Waals surface area (Å²) in [6.45, 7) is 6.42. The van der Waals surface area contributed by atoms with Crippen molar-refractivity contribution >= 4 is 15.9 Å². The number of carbonyl (C=O) groups excluding carboxylic acids is 1. The fourth-order valence-electron chi connectivity index (χ4n) is 2.38. The average Bonchev–Trinajstić information content (AvgIpc) is 2.53. The second kappa shape index (κ2) is 7.96. The molecule has 0 saturated carbocycles. The van der Waals surface area contributed by atoms with Crippen molar-refractivity contribution in [3.8, 4) is 5.75 Å². The minimum Gasteiger partial charge on any atom is -0.491 e. The standard InChI is InChI=1S/C16H25N3O4S/c1-13(2)23-14-4-6-15(7-5-14)24(21,22)17-12-16(20)19-10-8-18(3)9-11-19/h4-7,13,17H,8-12H2,1-3H3. The van der Waals surface area contributed by atoms with Crippen LogP contribution in [0.3, 0.4) is 0 Å². The summed E-state index contributed by atoms with van der Waals surface area (Å²) in [5, 5.41) is 0. The highest BCUT2D eigenvalue weighted by Gasteiger charge is 2.21. The number of ether oxygens (including phenoxy) is 1. The van der Waals surface area contributed by atoms with Crippen LogP contribution in [0.5, 0.6) is 5.75 Å². The Balaban J connectivity index is 1.92. The van der Waals surface area contributed by atoms with Gasteiger partial charge in [-0.2, -0.15) is 0 Å². The highest BCUT2D eigenvalue weighted by molar-refractivity contribution is 7.89. The first-order valence-corrected chi connectivity index (χ1v) is 9.49. The molecule has 1 N–H and O–H groups in total. The summed E-state index contributed by atoms with van der Waals surface area (Å²) in [6.07, 6.45) is 0.0202. The summed E-state index contributed by atoms with van der Waals surface area (Å²) in [7, 11) is -1.72. The largest absolute Gasteiger partial charge is 0.491 e. The van der Waals surface area contributed by atoms with Crippen LogP contribution in [0.1, 0.15) is 13.8 Å². The van der Waals surface area contributed by atoms with Crippen molar-refractivity contribution in [3.63, 3.8) is 0 Å². The van der Waals surface area contributed by atoms with Crippen LogP contribution in [-0.2, 0) is 14.8 Å². The molecular weight excluding hydrogens is 330 g/mol. The zero-order chi connectivity index (χ0) is 17.7. The quantitative estimate of drug-likeness (QED) is 0.805. The van der Waals surface area contributed by atoms with Crippen molar-refractivity contribution in [1.82, 2.24) is 14.5 Å². The molecule has 2 rings (SSSR count). The van der Waals surface area contributed by atoms with Gasteiger partial charge in [0.05, 0.1) is 17.5 Å². The monoisotopic (exact) mass is 355 g/mol. The number of hydrogen-bond acceptors (Lipinski definition) is 5. The normalized spacial score (nSPS) is 16.4. The van der Waals surface area contributed by atoms with Crippen molar-refractivity contribution in [2.75, 3.05) is 39.8 Å². The van der Waals surface area contributed by atoms with Crippen molar-refractivity contribution in [3.05, 3.63) is 24.3 Å². The van der Waals surface area contributed by atoms with Gasteiger partial charge in [0.1, 0.15) is 5.75 Å². The number of rotatable bonds is 6. The molecule has 0 atom stereocenters. The minimum atomic E-state index is -3.71. The Labute approximate surface area is 143 Å².